The second-order valence-electron chi connectivity index (χ2n) is 7.09. The van der Waals surface area contributed by atoms with Crippen molar-refractivity contribution in [3.05, 3.63) is 69.0 Å². The fourth-order valence-corrected chi connectivity index (χ4v) is 6.11. The van der Waals surface area contributed by atoms with E-state index >= 15 is 0 Å². The molecule has 2 aromatic carbocycles. The molecule has 0 unspecified atom stereocenters. The number of aromatic nitrogens is 1. The lowest BCUT2D eigenvalue weighted by Gasteiger charge is -2.25. The number of rotatable bonds is 4. The average molecular weight is 495 g/mol. The highest BCUT2D eigenvalue weighted by Crippen LogP contribution is 2.32. The van der Waals surface area contributed by atoms with Crippen molar-refractivity contribution in [1.82, 2.24) is 4.57 Å². The van der Waals surface area contributed by atoms with Gasteiger partial charge in [0.25, 0.3) is 10.0 Å². The van der Waals surface area contributed by atoms with Gasteiger partial charge in [0.2, 0.25) is 4.80 Å². The van der Waals surface area contributed by atoms with Gasteiger partial charge in [-0.15, -0.1) is 15.7 Å². The molecule has 0 radical (unpaired) electrons. The predicted molar refractivity (Wildman–Crippen MR) is 117 cm³/mol. The minimum absolute atomic E-state index is 0.00677. The molecule has 1 aromatic heterocycles. The number of sulfonamides is 1. The molecule has 0 saturated heterocycles. The van der Waals surface area contributed by atoms with Gasteiger partial charge in [0, 0.05) is 15.9 Å². The quantitative estimate of drug-likeness (QED) is 0.452. The molecular formula is C21H20BrFN2O2S2. The Morgan fingerprint density at radius 1 is 1.00 bits per heavy atom. The minimum atomic E-state index is -3.93. The van der Waals surface area contributed by atoms with Gasteiger partial charge in [0.05, 0.1) is 10.6 Å². The van der Waals surface area contributed by atoms with Gasteiger partial charge in [-0.05, 0) is 54.8 Å². The molecule has 0 bridgehead atoms. The zero-order chi connectivity index (χ0) is 20.4. The number of hydrogen-bond acceptors (Lipinski definition) is 3. The minimum Gasteiger partial charge on any atom is -0.313 e. The Morgan fingerprint density at radius 3 is 2.31 bits per heavy atom. The Kier molecular flexibility index (Phi) is 6.03. The van der Waals surface area contributed by atoms with Crippen LogP contribution in [0.3, 0.4) is 0 Å². The van der Waals surface area contributed by atoms with Crippen LogP contribution < -0.4 is 4.80 Å². The monoisotopic (exact) mass is 494 g/mol. The number of benzene rings is 2. The topological polar surface area (TPSA) is 51.4 Å². The van der Waals surface area contributed by atoms with E-state index in [1.165, 1.54) is 29.9 Å². The maximum atomic E-state index is 13.2. The van der Waals surface area contributed by atoms with E-state index in [9.17, 15) is 12.8 Å². The van der Waals surface area contributed by atoms with Crippen molar-refractivity contribution in [2.24, 2.45) is 4.40 Å². The van der Waals surface area contributed by atoms with Crippen LogP contribution in [-0.4, -0.2) is 13.0 Å². The summed E-state index contributed by atoms with van der Waals surface area (Å²) in [7, 11) is -3.93. The van der Waals surface area contributed by atoms with E-state index in [0.717, 1.165) is 53.5 Å². The summed E-state index contributed by atoms with van der Waals surface area (Å²) in [5.74, 6) is -0.477. The first-order valence-electron chi connectivity index (χ1n) is 9.46. The second kappa shape index (κ2) is 8.53. The van der Waals surface area contributed by atoms with Gasteiger partial charge >= 0.3 is 0 Å². The van der Waals surface area contributed by atoms with Crippen LogP contribution >= 0.6 is 27.3 Å². The molecule has 8 heteroatoms. The third-order valence-corrected chi connectivity index (χ3v) is 7.90. The molecule has 1 aliphatic rings. The Labute approximate surface area is 181 Å². The molecule has 0 atom stereocenters. The molecule has 1 aliphatic carbocycles. The molecule has 1 fully saturated rings. The standard InChI is InChI=1S/C21H20BrFN2O2S2/c22-16-8-6-15(7-9-16)20-14-28-21(25(20)18-4-2-1-3-5-18)24-29(26,27)19-12-10-17(23)11-13-19/h6-14,18H,1-5H2/b24-21+. The second-order valence-corrected chi connectivity index (χ2v) is 10.4. The molecule has 0 amide bonds. The SMILES string of the molecule is O=S(=O)(/N=c1/scc(-c2ccc(Br)cc2)n1C1CCCCC1)c1ccc(F)cc1. The van der Waals surface area contributed by atoms with Crippen LogP contribution in [0.1, 0.15) is 38.1 Å². The predicted octanol–water partition coefficient (Wildman–Crippen LogP) is 5.91. The lowest BCUT2D eigenvalue weighted by atomic mass is 9.95. The summed E-state index contributed by atoms with van der Waals surface area (Å²) in [6, 6.07) is 13.0. The molecule has 1 saturated carbocycles. The van der Waals surface area contributed by atoms with Crippen LogP contribution in [0.4, 0.5) is 4.39 Å². The summed E-state index contributed by atoms with van der Waals surface area (Å²) in [5, 5.41) is 1.97. The summed E-state index contributed by atoms with van der Waals surface area (Å²) in [4.78, 5) is 0.451. The van der Waals surface area contributed by atoms with Gasteiger partial charge in [0.15, 0.2) is 0 Å². The van der Waals surface area contributed by atoms with E-state index in [-0.39, 0.29) is 10.9 Å². The van der Waals surface area contributed by atoms with E-state index in [2.05, 4.69) is 24.9 Å². The van der Waals surface area contributed by atoms with E-state index < -0.39 is 15.8 Å². The Hall–Kier alpha value is -1.77. The number of nitrogens with zero attached hydrogens (tertiary/aromatic N) is 2. The molecule has 29 heavy (non-hydrogen) atoms. The summed E-state index contributed by atoms with van der Waals surface area (Å²) in [5.41, 5.74) is 2.00. The van der Waals surface area contributed by atoms with Crippen LogP contribution in [0.25, 0.3) is 11.3 Å². The fraction of sp³-hybridized carbons (Fsp3) is 0.286. The summed E-state index contributed by atoms with van der Waals surface area (Å²) in [6.45, 7) is 0. The molecule has 0 aliphatic heterocycles. The van der Waals surface area contributed by atoms with Gasteiger partial charge in [-0.2, -0.15) is 8.42 Å². The average Bonchev–Trinajstić information content (AvgIpc) is 3.12. The van der Waals surface area contributed by atoms with Crippen molar-refractivity contribution in [1.29, 1.82) is 0 Å². The fourth-order valence-electron chi connectivity index (χ4n) is 3.67. The first kappa shape index (κ1) is 20.5. The zero-order valence-electron chi connectivity index (χ0n) is 15.6. The highest BCUT2D eigenvalue weighted by molar-refractivity contribution is 9.10. The van der Waals surface area contributed by atoms with Crippen LogP contribution in [0, 0.1) is 5.82 Å². The first-order chi connectivity index (χ1) is 13.9. The smallest absolute Gasteiger partial charge is 0.285 e. The zero-order valence-corrected chi connectivity index (χ0v) is 18.8. The van der Waals surface area contributed by atoms with Crippen molar-refractivity contribution in [3.63, 3.8) is 0 Å². The number of halogens is 2. The van der Waals surface area contributed by atoms with Crippen molar-refractivity contribution < 1.29 is 12.8 Å². The third kappa shape index (κ3) is 4.54. The van der Waals surface area contributed by atoms with Crippen molar-refractivity contribution in [2.45, 2.75) is 43.0 Å². The molecule has 152 valence electrons. The Balaban J connectivity index is 1.85. The van der Waals surface area contributed by atoms with E-state index in [1.54, 1.807) is 0 Å². The summed E-state index contributed by atoms with van der Waals surface area (Å²) >= 11 is 4.79. The molecule has 0 spiro atoms. The molecular weight excluding hydrogens is 475 g/mol. The molecule has 0 N–H and O–H groups in total. The first-order valence-corrected chi connectivity index (χ1v) is 12.6. The van der Waals surface area contributed by atoms with Crippen molar-refractivity contribution in [3.8, 4) is 11.3 Å². The number of hydrogen-bond donors (Lipinski definition) is 0. The van der Waals surface area contributed by atoms with E-state index in [0.29, 0.717) is 4.80 Å². The largest absolute Gasteiger partial charge is 0.313 e. The summed E-state index contributed by atoms with van der Waals surface area (Å²) < 4.78 is 46.1. The maximum absolute atomic E-state index is 13.2. The normalized spacial score (nSPS) is 16.3. The van der Waals surface area contributed by atoms with Gasteiger partial charge in [-0.3, -0.25) is 0 Å². The molecule has 4 rings (SSSR count). The van der Waals surface area contributed by atoms with Crippen LogP contribution in [0.5, 0.6) is 0 Å². The van der Waals surface area contributed by atoms with Gasteiger partial charge < -0.3 is 4.57 Å². The third-order valence-electron chi connectivity index (χ3n) is 5.13. The highest BCUT2D eigenvalue weighted by Gasteiger charge is 2.22. The van der Waals surface area contributed by atoms with Gasteiger partial charge in [-0.25, -0.2) is 4.39 Å². The van der Waals surface area contributed by atoms with Crippen molar-refractivity contribution in [2.75, 3.05) is 0 Å². The van der Waals surface area contributed by atoms with Gasteiger partial charge in [0.1, 0.15) is 5.82 Å². The van der Waals surface area contributed by atoms with Crippen molar-refractivity contribution >= 4 is 37.3 Å². The van der Waals surface area contributed by atoms with E-state index in [4.69, 9.17) is 0 Å². The van der Waals surface area contributed by atoms with Crippen LogP contribution in [-0.2, 0) is 10.0 Å². The molecule has 4 nitrogen and oxygen atoms in total. The van der Waals surface area contributed by atoms with Crippen LogP contribution in [0.15, 0.2) is 67.7 Å². The Morgan fingerprint density at radius 2 is 1.66 bits per heavy atom. The maximum Gasteiger partial charge on any atom is 0.285 e. The summed E-state index contributed by atoms with van der Waals surface area (Å²) in [6.07, 6.45) is 5.46. The van der Waals surface area contributed by atoms with E-state index in [1.807, 2.05) is 29.6 Å². The van der Waals surface area contributed by atoms with Gasteiger partial charge in [-0.1, -0.05) is 47.3 Å². The highest BCUT2D eigenvalue weighted by atomic mass is 79.9. The Bertz CT molecular complexity index is 1160. The molecule has 3 aromatic rings. The number of thiazole rings is 1. The van der Waals surface area contributed by atoms with Crippen LogP contribution in [0.2, 0.25) is 0 Å². The lowest BCUT2D eigenvalue weighted by Crippen LogP contribution is -2.25. The molecule has 1 heterocycles. The lowest BCUT2D eigenvalue weighted by molar-refractivity contribution is 0.351.